The molecule has 8 heteroatoms. The molecule has 168 valence electrons. The first kappa shape index (κ1) is 21.0. The molecule has 0 bridgehead atoms. The summed E-state index contributed by atoms with van der Waals surface area (Å²) in [6.45, 7) is 1.25. The average molecular weight is 455 g/mol. The van der Waals surface area contributed by atoms with Gasteiger partial charge in [0.2, 0.25) is 5.91 Å². The molecule has 0 radical (unpaired) electrons. The molecular formula is C24H26N2O5S. The second kappa shape index (κ2) is 8.96. The first-order valence-corrected chi connectivity index (χ1v) is 11.8. The summed E-state index contributed by atoms with van der Waals surface area (Å²) in [5.74, 6) is 0.401. The van der Waals surface area contributed by atoms with Crippen molar-refractivity contribution in [3.05, 3.63) is 46.0 Å². The van der Waals surface area contributed by atoms with Gasteiger partial charge in [0.25, 0.3) is 5.91 Å². The Hall–Kier alpha value is -2.84. The van der Waals surface area contributed by atoms with Crippen molar-refractivity contribution in [1.29, 1.82) is 0 Å². The van der Waals surface area contributed by atoms with Crippen LogP contribution >= 0.6 is 11.3 Å². The van der Waals surface area contributed by atoms with E-state index in [-0.39, 0.29) is 24.3 Å². The second-order valence-electron chi connectivity index (χ2n) is 8.25. The van der Waals surface area contributed by atoms with Crippen molar-refractivity contribution in [3.8, 4) is 5.75 Å². The van der Waals surface area contributed by atoms with E-state index in [4.69, 9.17) is 13.9 Å². The van der Waals surface area contributed by atoms with Gasteiger partial charge in [0.1, 0.15) is 16.3 Å². The lowest BCUT2D eigenvalue weighted by atomic mass is 10.1. The summed E-state index contributed by atoms with van der Waals surface area (Å²) >= 11 is 1.52. The minimum atomic E-state index is -0.177. The zero-order valence-electron chi connectivity index (χ0n) is 18.0. The van der Waals surface area contributed by atoms with Crippen LogP contribution in [0.15, 0.2) is 28.9 Å². The van der Waals surface area contributed by atoms with Crippen molar-refractivity contribution in [3.63, 3.8) is 0 Å². The first-order chi connectivity index (χ1) is 15.6. The van der Waals surface area contributed by atoms with Gasteiger partial charge in [0, 0.05) is 29.0 Å². The number of fused-ring (bicyclic) bond motifs is 2. The molecule has 3 heterocycles. The van der Waals surface area contributed by atoms with E-state index in [0.29, 0.717) is 28.4 Å². The van der Waals surface area contributed by atoms with Crippen LogP contribution in [0.5, 0.6) is 5.75 Å². The van der Waals surface area contributed by atoms with Gasteiger partial charge in [-0.05, 0) is 55.9 Å². The van der Waals surface area contributed by atoms with E-state index in [2.05, 4.69) is 10.6 Å². The van der Waals surface area contributed by atoms with Crippen LogP contribution in [0.3, 0.4) is 0 Å². The molecule has 3 aromatic rings. The summed E-state index contributed by atoms with van der Waals surface area (Å²) in [6.07, 6.45) is 6.70. The number of anilines is 1. The molecule has 1 aliphatic carbocycles. The second-order valence-corrected chi connectivity index (χ2v) is 9.36. The molecule has 1 atom stereocenters. The molecule has 0 saturated carbocycles. The number of ether oxygens (including phenoxy) is 2. The van der Waals surface area contributed by atoms with Crippen LogP contribution in [-0.2, 0) is 28.8 Å². The molecule has 1 saturated heterocycles. The maximum absolute atomic E-state index is 13.0. The van der Waals surface area contributed by atoms with Crippen LogP contribution in [0.25, 0.3) is 11.0 Å². The molecule has 1 aromatic carbocycles. The number of aryl methyl sites for hydroxylation is 1. The van der Waals surface area contributed by atoms with Crippen molar-refractivity contribution >= 4 is 39.1 Å². The topological polar surface area (TPSA) is 89.8 Å². The molecule has 32 heavy (non-hydrogen) atoms. The number of furan rings is 1. The van der Waals surface area contributed by atoms with Crippen LogP contribution in [-0.4, -0.2) is 38.2 Å². The number of hydrogen-bond donors (Lipinski definition) is 2. The highest BCUT2D eigenvalue weighted by atomic mass is 32.1. The van der Waals surface area contributed by atoms with Gasteiger partial charge in [-0.2, -0.15) is 0 Å². The van der Waals surface area contributed by atoms with Gasteiger partial charge in [-0.15, -0.1) is 11.3 Å². The Morgan fingerprint density at radius 2 is 2.16 bits per heavy atom. The Balaban J connectivity index is 1.32. The fraction of sp³-hybridized carbons (Fsp3) is 0.417. The molecule has 2 N–H and O–H groups in total. The molecular weight excluding hydrogens is 428 g/mol. The quantitative estimate of drug-likeness (QED) is 0.561. The van der Waals surface area contributed by atoms with E-state index in [0.717, 1.165) is 55.2 Å². The van der Waals surface area contributed by atoms with E-state index < -0.39 is 0 Å². The molecule has 7 nitrogen and oxygen atoms in total. The van der Waals surface area contributed by atoms with E-state index in [1.807, 2.05) is 18.2 Å². The standard InChI is InChI=1S/C24H26N2O5S/c1-29-15-7-8-19-18(11-15)14(13-31-19)10-21(27)26-24-22(17-5-2-6-20(17)32-24)23(28)25-12-16-4-3-9-30-16/h7-8,11,13,16H,2-6,9-10,12H2,1H3,(H,25,28)(H,26,27). The summed E-state index contributed by atoms with van der Waals surface area (Å²) in [5.41, 5.74) is 3.18. The lowest BCUT2D eigenvalue weighted by Crippen LogP contribution is -2.32. The fourth-order valence-electron chi connectivity index (χ4n) is 4.50. The minimum Gasteiger partial charge on any atom is -0.497 e. The van der Waals surface area contributed by atoms with E-state index >= 15 is 0 Å². The maximum Gasteiger partial charge on any atom is 0.254 e. The molecule has 2 aromatic heterocycles. The van der Waals surface area contributed by atoms with Crippen LogP contribution in [0.4, 0.5) is 5.00 Å². The number of methoxy groups -OCH3 is 1. The molecule has 1 fully saturated rings. The zero-order chi connectivity index (χ0) is 22.1. The van der Waals surface area contributed by atoms with Crippen LogP contribution in [0.2, 0.25) is 0 Å². The summed E-state index contributed by atoms with van der Waals surface area (Å²) in [4.78, 5) is 27.2. The molecule has 1 unspecified atom stereocenters. The summed E-state index contributed by atoms with van der Waals surface area (Å²) in [5, 5.41) is 7.49. The van der Waals surface area contributed by atoms with Crippen LogP contribution < -0.4 is 15.4 Å². The smallest absolute Gasteiger partial charge is 0.254 e. The summed E-state index contributed by atoms with van der Waals surface area (Å²) in [7, 11) is 1.61. The Morgan fingerprint density at radius 1 is 1.25 bits per heavy atom. The monoisotopic (exact) mass is 454 g/mol. The van der Waals surface area contributed by atoms with Crippen LogP contribution in [0.1, 0.15) is 45.6 Å². The molecule has 1 aliphatic heterocycles. The van der Waals surface area contributed by atoms with E-state index in [1.54, 1.807) is 13.4 Å². The average Bonchev–Trinajstić information content (AvgIpc) is 3.57. The van der Waals surface area contributed by atoms with Crippen molar-refractivity contribution in [2.24, 2.45) is 0 Å². The van der Waals surface area contributed by atoms with E-state index in [9.17, 15) is 9.59 Å². The number of carbonyl (C=O) groups excluding carboxylic acids is 2. The third-order valence-electron chi connectivity index (χ3n) is 6.13. The van der Waals surface area contributed by atoms with Gasteiger partial charge >= 0.3 is 0 Å². The van der Waals surface area contributed by atoms with E-state index in [1.165, 1.54) is 16.2 Å². The Labute approximate surface area is 190 Å². The Kier molecular flexibility index (Phi) is 5.89. The SMILES string of the molecule is COc1ccc2occ(CC(=O)Nc3sc4c(c3C(=O)NCC3CCCO3)CCC4)c2c1. The summed E-state index contributed by atoms with van der Waals surface area (Å²) < 4.78 is 16.5. The first-order valence-electron chi connectivity index (χ1n) is 11.0. The predicted molar refractivity (Wildman–Crippen MR) is 123 cm³/mol. The van der Waals surface area contributed by atoms with Crippen LogP contribution in [0, 0.1) is 0 Å². The number of rotatable bonds is 7. The van der Waals surface area contributed by atoms with Gasteiger partial charge in [-0.1, -0.05) is 0 Å². The third kappa shape index (κ3) is 4.12. The fourth-order valence-corrected chi connectivity index (χ4v) is 5.80. The maximum atomic E-state index is 13.0. The van der Waals surface area contributed by atoms with Gasteiger partial charge in [-0.25, -0.2) is 0 Å². The number of amides is 2. The summed E-state index contributed by atoms with van der Waals surface area (Å²) in [6, 6.07) is 5.52. The van der Waals surface area contributed by atoms with Crippen molar-refractivity contribution in [2.75, 3.05) is 25.6 Å². The number of thiophene rings is 1. The molecule has 2 aliphatic rings. The lowest BCUT2D eigenvalue weighted by molar-refractivity contribution is -0.115. The number of nitrogens with one attached hydrogen (secondary N) is 2. The highest BCUT2D eigenvalue weighted by Gasteiger charge is 2.28. The Bertz CT molecular complexity index is 1160. The number of hydrogen-bond acceptors (Lipinski definition) is 6. The molecule has 5 rings (SSSR count). The van der Waals surface area contributed by atoms with Crippen molar-refractivity contribution in [1.82, 2.24) is 5.32 Å². The zero-order valence-corrected chi connectivity index (χ0v) is 18.8. The third-order valence-corrected chi connectivity index (χ3v) is 7.33. The van der Waals surface area contributed by atoms with Crippen molar-refractivity contribution < 1.29 is 23.5 Å². The normalized spacial score (nSPS) is 17.5. The van der Waals surface area contributed by atoms with Gasteiger partial charge in [-0.3, -0.25) is 9.59 Å². The highest BCUT2D eigenvalue weighted by molar-refractivity contribution is 7.17. The highest BCUT2D eigenvalue weighted by Crippen LogP contribution is 2.39. The van der Waals surface area contributed by atoms with Crippen molar-refractivity contribution in [2.45, 2.75) is 44.6 Å². The lowest BCUT2D eigenvalue weighted by Gasteiger charge is -2.12. The van der Waals surface area contributed by atoms with Gasteiger partial charge in [0.15, 0.2) is 0 Å². The Morgan fingerprint density at radius 3 is 2.97 bits per heavy atom. The molecule has 0 spiro atoms. The largest absolute Gasteiger partial charge is 0.497 e. The minimum absolute atomic E-state index is 0.0787. The predicted octanol–water partition coefficient (Wildman–Crippen LogP) is 4.08. The number of carbonyl (C=O) groups is 2. The molecule has 2 amide bonds. The number of benzene rings is 1. The van der Waals surface area contributed by atoms with Gasteiger partial charge in [0.05, 0.1) is 31.5 Å². The van der Waals surface area contributed by atoms with Gasteiger partial charge < -0.3 is 24.5 Å².